The fourth-order valence-electron chi connectivity index (χ4n) is 5.96. The zero-order valence-corrected chi connectivity index (χ0v) is 22.7. The summed E-state index contributed by atoms with van der Waals surface area (Å²) in [6.07, 6.45) is 5.63. The van der Waals surface area contributed by atoms with Gasteiger partial charge in [0.25, 0.3) is 5.91 Å². The summed E-state index contributed by atoms with van der Waals surface area (Å²) in [6.45, 7) is 6.81. The Kier molecular flexibility index (Phi) is 7.05. The third kappa shape index (κ3) is 4.78. The number of carbonyl (C=O) groups is 1. The fraction of sp³-hybridized carbons (Fsp3) is 0.536. The number of fused-ring (bicyclic) bond motifs is 4. The number of rotatable bonds is 2. The standard InChI is InChI=1S/C28H36ClN7O2/c1-2-33-11-5-6-14-38-24-9-8-19(29)15-21(24)28(37)35-12-4-3-7-23(35)22-16-26-31-25(17-27(33)36(26)32-22)34-13-10-20(30)18-34/h8-9,15-17,20,23H,2-7,10-14,18,30H2,1H3/t20-,23-/m0/s1. The van der Waals surface area contributed by atoms with E-state index in [2.05, 4.69) is 28.9 Å². The highest BCUT2D eigenvalue weighted by molar-refractivity contribution is 6.31. The van der Waals surface area contributed by atoms with Crippen molar-refractivity contribution in [1.29, 1.82) is 0 Å². The van der Waals surface area contributed by atoms with Gasteiger partial charge < -0.3 is 25.2 Å². The van der Waals surface area contributed by atoms with E-state index in [-0.39, 0.29) is 18.0 Å². The molecular weight excluding hydrogens is 502 g/mol. The number of piperidine rings is 1. The van der Waals surface area contributed by atoms with E-state index in [1.54, 1.807) is 12.1 Å². The first-order chi connectivity index (χ1) is 18.5. The smallest absolute Gasteiger partial charge is 0.258 e. The summed E-state index contributed by atoms with van der Waals surface area (Å²) >= 11 is 6.34. The third-order valence-electron chi connectivity index (χ3n) is 8.03. The lowest BCUT2D eigenvalue weighted by molar-refractivity contribution is 0.0601. The molecule has 1 amide bonds. The van der Waals surface area contributed by atoms with Gasteiger partial charge in [0.2, 0.25) is 0 Å². The van der Waals surface area contributed by atoms with Crippen molar-refractivity contribution >= 4 is 34.8 Å². The average molecular weight is 538 g/mol. The number of anilines is 2. The molecule has 10 heteroatoms. The number of halogens is 1. The van der Waals surface area contributed by atoms with Gasteiger partial charge >= 0.3 is 0 Å². The number of hydrogen-bond donors (Lipinski definition) is 1. The molecule has 3 aliphatic heterocycles. The second-order valence-electron chi connectivity index (χ2n) is 10.6. The zero-order chi connectivity index (χ0) is 26.2. The number of nitrogens with two attached hydrogens (primary N) is 1. The van der Waals surface area contributed by atoms with Crippen LogP contribution in [0.4, 0.5) is 11.6 Å². The molecule has 1 aromatic carbocycles. The van der Waals surface area contributed by atoms with E-state index in [1.807, 2.05) is 15.5 Å². The number of aromatic nitrogens is 3. The average Bonchev–Trinajstić information content (AvgIpc) is 3.56. The first kappa shape index (κ1) is 25.2. The van der Waals surface area contributed by atoms with Gasteiger partial charge in [0.05, 0.1) is 23.9 Å². The predicted octanol–water partition coefficient (Wildman–Crippen LogP) is 4.29. The van der Waals surface area contributed by atoms with Crippen LogP contribution in [0.1, 0.15) is 67.5 Å². The minimum Gasteiger partial charge on any atom is -0.493 e. The Morgan fingerprint density at radius 1 is 1.08 bits per heavy atom. The Hall–Kier alpha value is -3.04. The van der Waals surface area contributed by atoms with Crippen molar-refractivity contribution < 1.29 is 9.53 Å². The minimum absolute atomic E-state index is 0.0609. The highest BCUT2D eigenvalue weighted by atomic mass is 35.5. The van der Waals surface area contributed by atoms with Crippen LogP contribution < -0.4 is 20.3 Å². The Balaban J connectivity index is 1.47. The second kappa shape index (κ2) is 10.6. The molecule has 2 fully saturated rings. The maximum Gasteiger partial charge on any atom is 0.258 e. The van der Waals surface area contributed by atoms with Crippen LogP contribution in [0.3, 0.4) is 0 Å². The number of nitrogens with zero attached hydrogens (tertiary/aromatic N) is 6. The summed E-state index contributed by atoms with van der Waals surface area (Å²) in [4.78, 5) is 25.6. The lowest BCUT2D eigenvalue weighted by Crippen LogP contribution is -2.39. The Morgan fingerprint density at radius 3 is 2.76 bits per heavy atom. The van der Waals surface area contributed by atoms with Crippen LogP contribution in [0, 0.1) is 0 Å². The molecule has 5 heterocycles. The highest BCUT2D eigenvalue weighted by Crippen LogP contribution is 2.36. The molecular formula is C28H36ClN7O2. The minimum atomic E-state index is -0.138. The van der Waals surface area contributed by atoms with Gasteiger partial charge in [0.15, 0.2) is 5.65 Å². The van der Waals surface area contributed by atoms with Crippen LogP contribution in [-0.2, 0) is 0 Å². The van der Waals surface area contributed by atoms with Crippen molar-refractivity contribution in [2.24, 2.45) is 5.73 Å². The van der Waals surface area contributed by atoms with Crippen LogP contribution in [0.5, 0.6) is 5.75 Å². The van der Waals surface area contributed by atoms with Gasteiger partial charge in [0.1, 0.15) is 17.4 Å². The molecule has 38 heavy (non-hydrogen) atoms. The summed E-state index contributed by atoms with van der Waals surface area (Å²) in [6, 6.07) is 9.59. The van der Waals surface area contributed by atoms with E-state index in [0.717, 1.165) is 87.7 Å². The van der Waals surface area contributed by atoms with E-state index in [0.29, 0.717) is 29.5 Å². The molecule has 0 radical (unpaired) electrons. The molecule has 0 aliphatic carbocycles. The summed E-state index contributed by atoms with van der Waals surface area (Å²) in [5.41, 5.74) is 8.43. The van der Waals surface area contributed by atoms with Crippen LogP contribution in [-0.4, -0.2) is 70.8 Å². The van der Waals surface area contributed by atoms with E-state index in [1.165, 1.54) is 0 Å². The van der Waals surface area contributed by atoms with Crippen LogP contribution in [0.25, 0.3) is 5.65 Å². The van der Waals surface area contributed by atoms with Gasteiger partial charge in [-0.1, -0.05) is 11.6 Å². The Labute approximate surface area is 228 Å². The van der Waals surface area contributed by atoms with Crippen LogP contribution >= 0.6 is 11.6 Å². The van der Waals surface area contributed by atoms with Gasteiger partial charge in [-0.2, -0.15) is 9.61 Å². The van der Waals surface area contributed by atoms with E-state index in [9.17, 15) is 4.79 Å². The van der Waals surface area contributed by atoms with Crippen molar-refractivity contribution in [1.82, 2.24) is 19.5 Å². The number of hydrogen-bond acceptors (Lipinski definition) is 7. The molecule has 3 aromatic rings. The monoisotopic (exact) mass is 537 g/mol. The molecule has 0 unspecified atom stereocenters. The quantitative estimate of drug-likeness (QED) is 0.521. The van der Waals surface area contributed by atoms with Gasteiger partial charge in [-0.25, -0.2) is 4.98 Å². The lowest BCUT2D eigenvalue weighted by Gasteiger charge is -2.35. The molecule has 2 N–H and O–H groups in total. The molecule has 2 saturated heterocycles. The highest BCUT2D eigenvalue weighted by Gasteiger charge is 2.33. The first-order valence-electron chi connectivity index (χ1n) is 13.9. The van der Waals surface area contributed by atoms with Gasteiger partial charge in [-0.05, 0) is 63.6 Å². The van der Waals surface area contributed by atoms with Crippen molar-refractivity contribution in [2.45, 2.75) is 57.5 Å². The molecule has 0 saturated carbocycles. The molecule has 2 atom stereocenters. The molecule has 202 valence electrons. The van der Waals surface area contributed by atoms with E-state index >= 15 is 0 Å². The van der Waals surface area contributed by atoms with Crippen molar-refractivity contribution in [3.8, 4) is 5.75 Å². The van der Waals surface area contributed by atoms with E-state index in [4.69, 9.17) is 32.2 Å². The molecule has 0 spiro atoms. The molecule has 9 nitrogen and oxygen atoms in total. The molecule has 2 bridgehead atoms. The van der Waals surface area contributed by atoms with Crippen molar-refractivity contribution in [3.63, 3.8) is 0 Å². The zero-order valence-electron chi connectivity index (χ0n) is 22.0. The number of ether oxygens (including phenoxy) is 1. The lowest BCUT2D eigenvalue weighted by atomic mass is 9.98. The maximum absolute atomic E-state index is 14.0. The second-order valence-corrected chi connectivity index (χ2v) is 11.0. The van der Waals surface area contributed by atoms with Crippen molar-refractivity contribution in [3.05, 3.63) is 46.6 Å². The SMILES string of the molecule is CCN1CCCCOc2ccc(Cl)cc2C(=O)N2CCCC[C@H]2c2cc3nc(N4CC[C@H](N)C4)cc1n3n2. The van der Waals surface area contributed by atoms with E-state index < -0.39 is 0 Å². The Bertz CT molecular complexity index is 1330. The van der Waals surface area contributed by atoms with Gasteiger partial charge in [-0.15, -0.1) is 0 Å². The third-order valence-corrected chi connectivity index (χ3v) is 8.26. The number of benzene rings is 1. The molecule has 3 aliphatic rings. The largest absolute Gasteiger partial charge is 0.493 e. The summed E-state index contributed by atoms with van der Waals surface area (Å²) in [5.74, 6) is 2.50. The summed E-state index contributed by atoms with van der Waals surface area (Å²) in [7, 11) is 0. The summed E-state index contributed by atoms with van der Waals surface area (Å²) in [5, 5.41) is 5.63. The predicted molar refractivity (Wildman–Crippen MR) is 149 cm³/mol. The van der Waals surface area contributed by atoms with Crippen LogP contribution in [0.15, 0.2) is 30.3 Å². The fourth-order valence-corrected chi connectivity index (χ4v) is 6.13. The number of carbonyl (C=O) groups excluding carboxylic acids is 1. The summed E-state index contributed by atoms with van der Waals surface area (Å²) < 4.78 is 8.11. The Morgan fingerprint density at radius 2 is 1.95 bits per heavy atom. The first-order valence-corrected chi connectivity index (χ1v) is 14.3. The van der Waals surface area contributed by atoms with Gasteiger partial charge in [0, 0.05) is 55.9 Å². The van der Waals surface area contributed by atoms with Gasteiger partial charge in [-0.3, -0.25) is 4.79 Å². The maximum atomic E-state index is 14.0. The van der Waals surface area contributed by atoms with Crippen molar-refractivity contribution in [2.75, 3.05) is 49.1 Å². The normalized spacial score (nSPS) is 22.7. The topological polar surface area (TPSA) is 92.2 Å². The number of amides is 1. The van der Waals surface area contributed by atoms with Crippen LogP contribution in [0.2, 0.25) is 5.02 Å². The molecule has 6 rings (SSSR count). The molecule has 2 aromatic heterocycles.